The number of anilines is 1. The van der Waals surface area contributed by atoms with Gasteiger partial charge in [-0.15, -0.1) is 0 Å². The summed E-state index contributed by atoms with van der Waals surface area (Å²) in [6.07, 6.45) is -4.70. The molecule has 1 aliphatic rings. The van der Waals surface area contributed by atoms with E-state index in [-0.39, 0.29) is 18.7 Å². The Balaban J connectivity index is 1.35. The second kappa shape index (κ2) is 12.5. The first kappa shape index (κ1) is 27.8. The second-order valence-corrected chi connectivity index (χ2v) is 9.43. The summed E-state index contributed by atoms with van der Waals surface area (Å²) in [5, 5.41) is 3.51. The van der Waals surface area contributed by atoms with Crippen molar-refractivity contribution < 1.29 is 27.4 Å². The monoisotopic (exact) mass is 547 g/mol. The fraction of sp³-hybridized carbons (Fsp3) is 0.321. The number of hydrogen-bond donors (Lipinski definition) is 1. The van der Waals surface area contributed by atoms with E-state index in [2.05, 4.69) is 10.2 Å². The molecule has 1 saturated heterocycles. The molecule has 2 amide bonds. The van der Waals surface area contributed by atoms with E-state index >= 15 is 0 Å². The minimum absolute atomic E-state index is 0.161. The Morgan fingerprint density at radius 2 is 1.68 bits per heavy atom. The van der Waals surface area contributed by atoms with E-state index < -0.39 is 11.7 Å². The highest BCUT2D eigenvalue weighted by molar-refractivity contribution is 6.30. The van der Waals surface area contributed by atoms with E-state index in [4.69, 9.17) is 21.1 Å². The molecule has 1 fully saturated rings. The molecule has 1 N–H and O–H groups in total. The van der Waals surface area contributed by atoms with Crippen molar-refractivity contribution in [2.24, 2.45) is 0 Å². The molecule has 0 unspecified atom stereocenters. The number of carbonyl (C=O) groups excluding carboxylic acids is 1. The van der Waals surface area contributed by atoms with Crippen LogP contribution in [0.15, 0.2) is 72.8 Å². The van der Waals surface area contributed by atoms with E-state index in [0.29, 0.717) is 54.7 Å². The second-order valence-electron chi connectivity index (χ2n) is 9.00. The van der Waals surface area contributed by atoms with Crippen molar-refractivity contribution in [1.82, 2.24) is 9.80 Å². The Morgan fingerprint density at radius 1 is 1.00 bits per heavy atom. The summed E-state index contributed by atoms with van der Waals surface area (Å²) in [5.74, 6) is 0.664. The smallest absolute Gasteiger partial charge is 0.416 e. The van der Waals surface area contributed by atoms with Crippen LogP contribution < -0.4 is 10.1 Å². The zero-order valence-corrected chi connectivity index (χ0v) is 21.6. The number of piperazine rings is 1. The van der Waals surface area contributed by atoms with Gasteiger partial charge in [-0.1, -0.05) is 41.9 Å². The molecule has 202 valence electrons. The van der Waals surface area contributed by atoms with Crippen molar-refractivity contribution in [3.05, 3.63) is 94.5 Å². The van der Waals surface area contributed by atoms with E-state index in [0.717, 1.165) is 17.7 Å². The van der Waals surface area contributed by atoms with Gasteiger partial charge in [-0.2, -0.15) is 13.2 Å². The number of nitrogens with one attached hydrogen (secondary N) is 1. The highest BCUT2D eigenvalue weighted by atomic mass is 35.5. The van der Waals surface area contributed by atoms with Crippen LogP contribution in [0.3, 0.4) is 0 Å². The third-order valence-electron chi connectivity index (χ3n) is 6.38. The predicted molar refractivity (Wildman–Crippen MR) is 140 cm³/mol. The molecule has 0 spiro atoms. The number of methoxy groups -OCH3 is 1. The number of rotatable bonds is 8. The third-order valence-corrected chi connectivity index (χ3v) is 6.63. The average molecular weight is 548 g/mol. The molecule has 1 aliphatic heterocycles. The van der Waals surface area contributed by atoms with Crippen LogP contribution in [-0.4, -0.2) is 55.7 Å². The van der Waals surface area contributed by atoms with Crippen LogP contribution in [-0.2, 0) is 17.5 Å². The molecule has 0 saturated carbocycles. The molecule has 0 bridgehead atoms. The first-order chi connectivity index (χ1) is 18.2. The van der Waals surface area contributed by atoms with Crippen molar-refractivity contribution in [2.45, 2.75) is 18.9 Å². The van der Waals surface area contributed by atoms with E-state index in [9.17, 15) is 18.0 Å². The summed E-state index contributed by atoms with van der Waals surface area (Å²) in [6.45, 7) is 3.12. The summed E-state index contributed by atoms with van der Waals surface area (Å²) in [4.78, 5) is 16.7. The molecule has 6 nitrogen and oxygen atoms in total. The summed E-state index contributed by atoms with van der Waals surface area (Å²) in [7, 11) is 1.57. The normalized spacial score (nSPS) is 15.2. The molecule has 0 aromatic heterocycles. The molecule has 0 aliphatic carbocycles. The van der Waals surface area contributed by atoms with Crippen molar-refractivity contribution >= 4 is 23.3 Å². The van der Waals surface area contributed by atoms with Gasteiger partial charge in [0.2, 0.25) is 0 Å². The van der Waals surface area contributed by atoms with Gasteiger partial charge in [0, 0.05) is 49.5 Å². The Morgan fingerprint density at radius 3 is 2.32 bits per heavy atom. The predicted octanol–water partition coefficient (Wildman–Crippen LogP) is 6.48. The topological polar surface area (TPSA) is 54.0 Å². The standard InChI is InChI=1S/C28H29ClF3N3O3/c1-37-25-4-2-3-24(17-25)33-27(36)35-15-13-34(14-16-35)18-26(21-7-11-23(29)12-8-21)38-19-20-5-9-22(10-6-20)28(30,31)32/h2-12,17,26H,13-16,18-19H2,1H3,(H,33,36)/t26-/m0/s1. The Hall–Kier alpha value is -3.27. The number of hydrogen-bond acceptors (Lipinski definition) is 4. The molecule has 10 heteroatoms. The van der Waals surface area contributed by atoms with Gasteiger partial charge in [-0.05, 0) is 47.5 Å². The molecule has 1 heterocycles. The summed E-state index contributed by atoms with van der Waals surface area (Å²) in [6, 6.07) is 19.3. The number of urea groups is 1. The van der Waals surface area contributed by atoms with E-state index in [1.807, 2.05) is 24.3 Å². The zero-order chi connectivity index (χ0) is 27.1. The van der Waals surface area contributed by atoms with Crippen molar-refractivity contribution in [3.63, 3.8) is 0 Å². The third kappa shape index (κ3) is 7.63. The van der Waals surface area contributed by atoms with Crippen LogP contribution in [0.4, 0.5) is 23.7 Å². The van der Waals surface area contributed by atoms with Gasteiger partial charge in [-0.25, -0.2) is 4.79 Å². The SMILES string of the molecule is COc1cccc(NC(=O)N2CCN(C[C@H](OCc3ccc(C(F)(F)F)cc3)c3ccc(Cl)cc3)CC2)c1. The molecular weight excluding hydrogens is 519 g/mol. The fourth-order valence-corrected chi connectivity index (χ4v) is 4.32. The fourth-order valence-electron chi connectivity index (χ4n) is 4.19. The van der Waals surface area contributed by atoms with Crippen molar-refractivity contribution in [1.29, 1.82) is 0 Å². The first-order valence-corrected chi connectivity index (χ1v) is 12.5. The van der Waals surface area contributed by atoms with Gasteiger partial charge in [0.25, 0.3) is 0 Å². The molecule has 38 heavy (non-hydrogen) atoms. The highest BCUT2D eigenvalue weighted by Gasteiger charge is 2.30. The van der Waals surface area contributed by atoms with Gasteiger partial charge in [0.05, 0.1) is 25.4 Å². The van der Waals surface area contributed by atoms with Crippen LogP contribution in [0.25, 0.3) is 0 Å². The molecule has 3 aromatic rings. The van der Waals surface area contributed by atoms with Crippen LogP contribution in [0.2, 0.25) is 5.02 Å². The Kier molecular flexibility index (Phi) is 9.14. The maximum Gasteiger partial charge on any atom is 0.416 e. The maximum atomic E-state index is 12.9. The maximum absolute atomic E-state index is 12.9. The van der Waals surface area contributed by atoms with Crippen molar-refractivity contribution in [2.75, 3.05) is 45.2 Å². The van der Waals surface area contributed by atoms with Crippen LogP contribution in [0.5, 0.6) is 5.75 Å². The minimum atomic E-state index is -4.38. The largest absolute Gasteiger partial charge is 0.497 e. The number of nitrogens with zero attached hydrogens (tertiary/aromatic N) is 2. The van der Waals surface area contributed by atoms with Gasteiger partial charge in [0.1, 0.15) is 5.75 Å². The molecule has 3 aromatic carbocycles. The molecule has 4 rings (SSSR count). The number of alkyl halides is 3. The Labute approximate surface area is 224 Å². The van der Waals surface area contributed by atoms with Gasteiger partial charge >= 0.3 is 12.2 Å². The van der Waals surface area contributed by atoms with E-state index in [1.165, 1.54) is 12.1 Å². The molecule has 0 radical (unpaired) electrons. The summed E-state index contributed by atoms with van der Waals surface area (Å²) >= 11 is 6.06. The van der Waals surface area contributed by atoms with E-state index in [1.54, 1.807) is 36.3 Å². The lowest BCUT2D eigenvalue weighted by Crippen LogP contribution is -2.50. The zero-order valence-electron chi connectivity index (χ0n) is 20.9. The Bertz CT molecular complexity index is 1200. The number of amides is 2. The average Bonchev–Trinajstić information content (AvgIpc) is 2.91. The lowest BCUT2D eigenvalue weighted by molar-refractivity contribution is -0.137. The van der Waals surface area contributed by atoms with Gasteiger partial charge in [0.15, 0.2) is 0 Å². The minimum Gasteiger partial charge on any atom is -0.497 e. The van der Waals surface area contributed by atoms with Crippen LogP contribution in [0.1, 0.15) is 22.8 Å². The number of benzene rings is 3. The van der Waals surface area contributed by atoms with Crippen molar-refractivity contribution in [3.8, 4) is 5.75 Å². The molecular formula is C28H29ClF3N3O3. The number of ether oxygens (including phenoxy) is 2. The van der Waals surface area contributed by atoms with Gasteiger partial charge in [-0.3, -0.25) is 4.90 Å². The van der Waals surface area contributed by atoms with Crippen LogP contribution in [0, 0.1) is 0 Å². The van der Waals surface area contributed by atoms with Gasteiger partial charge < -0.3 is 19.7 Å². The lowest BCUT2D eigenvalue weighted by Gasteiger charge is -2.36. The number of carbonyl (C=O) groups is 1. The number of halogens is 4. The van der Waals surface area contributed by atoms with Crippen LogP contribution >= 0.6 is 11.6 Å². The summed E-state index contributed by atoms with van der Waals surface area (Å²) < 4.78 is 50.0. The first-order valence-electron chi connectivity index (χ1n) is 12.2. The highest BCUT2D eigenvalue weighted by Crippen LogP contribution is 2.30. The lowest BCUT2D eigenvalue weighted by atomic mass is 10.1. The quantitative estimate of drug-likeness (QED) is 0.351. The molecule has 1 atom stereocenters. The summed E-state index contributed by atoms with van der Waals surface area (Å²) in [5.41, 5.74) is 1.54.